The Kier molecular flexibility index (Phi) is 5.19. The van der Waals surface area contributed by atoms with Gasteiger partial charge >= 0.3 is 0 Å². The van der Waals surface area contributed by atoms with Gasteiger partial charge in [-0.2, -0.15) is 0 Å². The Morgan fingerprint density at radius 3 is 2.72 bits per heavy atom. The summed E-state index contributed by atoms with van der Waals surface area (Å²) in [7, 11) is 0. The summed E-state index contributed by atoms with van der Waals surface area (Å²) in [6.07, 6.45) is 11.8. The van der Waals surface area contributed by atoms with Crippen LogP contribution in [0.1, 0.15) is 44.1 Å². The van der Waals surface area contributed by atoms with Crippen LogP contribution in [0.3, 0.4) is 0 Å². The van der Waals surface area contributed by atoms with Gasteiger partial charge in [-0.1, -0.05) is 48.9 Å². The van der Waals surface area contributed by atoms with Crippen molar-refractivity contribution in [3.05, 3.63) is 48.0 Å². The summed E-state index contributed by atoms with van der Waals surface area (Å²) in [5.74, 6) is 0.792. The fraction of sp³-hybridized carbons (Fsp3) is 0.471. The van der Waals surface area contributed by atoms with E-state index >= 15 is 0 Å². The van der Waals surface area contributed by atoms with Crippen molar-refractivity contribution in [1.29, 1.82) is 0 Å². The van der Waals surface area contributed by atoms with E-state index in [1.807, 2.05) is 6.07 Å². The number of aryl methyl sites for hydroxylation is 1. The number of ketones is 1. The lowest BCUT2D eigenvalue weighted by atomic mass is 9.85. The summed E-state index contributed by atoms with van der Waals surface area (Å²) in [6, 6.07) is 10.5. The number of benzene rings is 1. The Balaban J connectivity index is 1.67. The maximum Gasteiger partial charge on any atom is 0.136 e. The Labute approximate surface area is 110 Å². The van der Waals surface area contributed by atoms with Gasteiger partial charge in [0.2, 0.25) is 0 Å². The van der Waals surface area contributed by atoms with Gasteiger partial charge in [-0.3, -0.25) is 4.79 Å². The minimum atomic E-state index is 0.312. The third-order valence-corrected chi connectivity index (χ3v) is 3.71. The zero-order valence-corrected chi connectivity index (χ0v) is 11.0. The van der Waals surface area contributed by atoms with E-state index in [1.54, 1.807) is 0 Å². The minimum absolute atomic E-state index is 0.312. The maximum atomic E-state index is 11.6. The van der Waals surface area contributed by atoms with Gasteiger partial charge in [0.25, 0.3) is 0 Å². The van der Waals surface area contributed by atoms with Crippen molar-refractivity contribution in [3.63, 3.8) is 0 Å². The summed E-state index contributed by atoms with van der Waals surface area (Å²) >= 11 is 0. The van der Waals surface area contributed by atoms with E-state index in [0.29, 0.717) is 11.7 Å². The molecular weight excluding hydrogens is 220 g/mol. The molecule has 0 saturated heterocycles. The normalized spacial score (nSPS) is 20.4. The van der Waals surface area contributed by atoms with Gasteiger partial charge in [-0.15, -0.1) is 0 Å². The zero-order valence-electron chi connectivity index (χ0n) is 11.0. The van der Waals surface area contributed by atoms with Gasteiger partial charge in [0, 0.05) is 12.3 Å². The second kappa shape index (κ2) is 7.15. The molecule has 96 valence electrons. The van der Waals surface area contributed by atoms with Gasteiger partial charge in [0.1, 0.15) is 5.78 Å². The number of hydrogen-bond donors (Lipinski definition) is 0. The molecule has 1 heteroatoms. The van der Waals surface area contributed by atoms with Gasteiger partial charge in [-0.25, -0.2) is 0 Å². The smallest absolute Gasteiger partial charge is 0.136 e. The van der Waals surface area contributed by atoms with E-state index in [9.17, 15) is 4.79 Å². The van der Waals surface area contributed by atoms with Crippen LogP contribution >= 0.6 is 0 Å². The number of rotatable bonds is 5. The van der Waals surface area contributed by atoms with Crippen LogP contribution in [0.4, 0.5) is 0 Å². The Morgan fingerprint density at radius 1 is 1.11 bits per heavy atom. The fourth-order valence-electron chi connectivity index (χ4n) is 2.58. The van der Waals surface area contributed by atoms with Gasteiger partial charge in [0.15, 0.2) is 0 Å². The average molecular weight is 242 g/mol. The molecule has 0 spiro atoms. The first-order valence-corrected chi connectivity index (χ1v) is 7.08. The first-order valence-electron chi connectivity index (χ1n) is 7.08. The topological polar surface area (TPSA) is 17.1 Å². The van der Waals surface area contributed by atoms with Gasteiger partial charge < -0.3 is 0 Å². The Bertz CT molecular complexity index is 391. The standard InChI is InChI=1S/C17H22O/c18-17-14-8-7-13-16(17)12-6-2-5-11-15-9-3-1-4-10-15/h1-4,6,9-10,16H,5,7-8,11-14H2/b6-2+. The molecule has 0 amide bonds. The van der Waals surface area contributed by atoms with Gasteiger partial charge in [0.05, 0.1) is 0 Å². The number of carbonyl (C=O) groups is 1. The SMILES string of the molecule is O=C1CCCCC1C/C=C/CCc1ccccc1. The van der Waals surface area contributed by atoms with E-state index in [2.05, 4.69) is 36.4 Å². The van der Waals surface area contributed by atoms with Crippen LogP contribution in [-0.4, -0.2) is 5.78 Å². The highest BCUT2D eigenvalue weighted by atomic mass is 16.1. The lowest BCUT2D eigenvalue weighted by Crippen LogP contribution is -2.17. The average Bonchev–Trinajstić information content (AvgIpc) is 2.42. The highest BCUT2D eigenvalue weighted by Crippen LogP contribution is 2.23. The van der Waals surface area contributed by atoms with E-state index in [-0.39, 0.29) is 0 Å². The quantitative estimate of drug-likeness (QED) is 0.703. The second-order valence-corrected chi connectivity index (χ2v) is 5.14. The van der Waals surface area contributed by atoms with Crippen molar-refractivity contribution in [2.75, 3.05) is 0 Å². The molecule has 1 nitrogen and oxygen atoms in total. The molecule has 1 saturated carbocycles. The van der Waals surface area contributed by atoms with E-state index < -0.39 is 0 Å². The lowest BCUT2D eigenvalue weighted by molar-refractivity contribution is -0.124. The van der Waals surface area contributed by atoms with Crippen molar-refractivity contribution in [2.45, 2.75) is 44.9 Å². The third kappa shape index (κ3) is 4.14. The van der Waals surface area contributed by atoms with Crippen molar-refractivity contribution < 1.29 is 4.79 Å². The van der Waals surface area contributed by atoms with E-state index in [1.165, 1.54) is 12.0 Å². The minimum Gasteiger partial charge on any atom is -0.299 e. The molecule has 1 aromatic carbocycles. The molecule has 18 heavy (non-hydrogen) atoms. The molecule has 0 N–H and O–H groups in total. The lowest BCUT2D eigenvalue weighted by Gasteiger charge is -2.18. The van der Waals surface area contributed by atoms with Crippen LogP contribution in [0.15, 0.2) is 42.5 Å². The van der Waals surface area contributed by atoms with Crippen molar-refractivity contribution >= 4 is 5.78 Å². The number of hydrogen-bond acceptors (Lipinski definition) is 1. The predicted molar refractivity (Wildman–Crippen MR) is 75.5 cm³/mol. The molecule has 1 atom stereocenters. The summed E-state index contributed by atoms with van der Waals surface area (Å²) in [5, 5.41) is 0. The monoisotopic (exact) mass is 242 g/mol. The van der Waals surface area contributed by atoms with E-state index in [0.717, 1.165) is 38.5 Å². The molecular formula is C17H22O. The van der Waals surface area contributed by atoms with Crippen molar-refractivity contribution in [3.8, 4) is 0 Å². The van der Waals surface area contributed by atoms with Crippen molar-refractivity contribution in [1.82, 2.24) is 0 Å². The van der Waals surface area contributed by atoms with Crippen molar-refractivity contribution in [2.24, 2.45) is 5.92 Å². The summed E-state index contributed by atoms with van der Waals surface area (Å²) in [5.41, 5.74) is 1.39. The van der Waals surface area contributed by atoms with Crippen LogP contribution in [0.2, 0.25) is 0 Å². The predicted octanol–water partition coefficient (Wildman–Crippen LogP) is 4.32. The molecule has 0 aliphatic heterocycles. The highest BCUT2D eigenvalue weighted by Gasteiger charge is 2.20. The number of carbonyl (C=O) groups excluding carboxylic acids is 1. The van der Waals surface area contributed by atoms with Crippen LogP contribution in [0, 0.1) is 5.92 Å². The molecule has 0 bridgehead atoms. The number of allylic oxidation sites excluding steroid dienone is 2. The van der Waals surface area contributed by atoms with E-state index in [4.69, 9.17) is 0 Å². The molecule has 0 radical (unpaired) electrons. The zero-order chi connectivity index (χ0) is 12.6. The molecule has 1 fully saturated rings. The second-order valence-electron chi connectivity index (χ2n) is 5.14. The van der Waals surface area contributed by atoms with Crippen LogP contribution < -0.4 is 0 Å². The molecule has 1 aromatic rings. The first kappa shape index (κ1) is 13.1. The fourth-order valence-corrected chi connectivity index (χ4v) is 2.58. The van der Waals surface area contributed by atoms with Crippen LogP contribution in [0.5, 0.6) is 0 Å². The summed E-state index contributed by atoms with van der Waals surface area (Å²) < 4.78 is 0. The Hall–Kier alpha value is -1.37. The third-order valence-electron chi connectivity index (χ3n) is 3.71. The summed E-state index contributed by atoms with van der Waals surface area (Å²) in [4.78, 5) is 11.6. The molecule has 1 aliphatic carbocycles. The largest absolute Gasteiger partial charge is 0.299 e. The molecule has 0 heterocycles. The molecule has 1 unspecified atom stereocenters. The molecule has 2 rings (SSSR count). The first-order chi connectivity index (χ1) is 8.86. The molecule has 1 aliphatic rings. The highest BCUT2D eigenvalue weighted by molar-refractivity contribution is 5.81. The Morgan fingerprint density at radius 2 is 1.94 bits per heavy atom. The number of Topliss-reactive ketones (excluding diaryl/α,β-unsaturated/α-hetero) is 1. The van der Waals surface area contributed by atoms with Gasteiger partial charge in [-0.05, 0) is 37.7 Å². The van der Waals surface area contributed by atoms with Crippen LogP contribution in [-0.2, 0) is 11.2 Å². The molecule has 0 aromatic heterocycles. The maximum absolute atomic E-state index is 11.6. The van der Waals surface area contributed by atoms with Crippen LogP contribution in [0.25, 0.3) is 0 Å². The summed E-state index contributed by atoms with van der Waals surface area (Å²) in [6.45, 7) is 0.